The molecule has 4 aliphatic heterocycles. The van der Waals surface area contributed by atoms with Crippen LogP contribution in [0.25, 0.3) is 0 Å². The number of aryl methyl sites for hydroxylation is 1. The van der Waals surface area contributed by atoms with Gasteiger partial charge in [0.15, 0.2) is 23.5 Å². The van der Waals surface area contributed by atoms with Gasteiger partial charge in [0.25, 0.3) is 11.8 Å². The number of hydrogen-bond acceptors (Lipinski definition) is 12. The lowest BCUT2D eigenvalue weighted by Crippen LogP contribution is -2.50. The average molecular weight is 877 g/mol. The number of amides is 4. The molecule has 16 nitrogen and oxygen atoms in total. The van der Waals surface area contributed by atoms with Crippen molar-refractivity contribution in [1.29, 1.82) is 0 Å². The third-order valence-corrected chi connectivity index (χ3v) is 12.0. The minimum absolute atomic E-state index is 0.0716. The van der Waals surface area contributed by atoms with E-state index in [1.165, 1.54) is 12.0 Å². The number of anilines is 1. The monoisotopic (exact) mass is 876 g/mol. The molecule has 4 aliphatic rings. The second kappa shape index (κ2) is 19.1. The van der Waals surface area contributed by atoms with Crippen molar-refractivity contribution in [3.05, 3.63) is 101 Å². The van der Waals surface area contributed by atoms with Gasteiger partial charge in [0.05, 0.1) is 67.0 Å². The molecule has 4 N–H and O–H groups in total. The Balaban J connectivity index is 1.01. The summed E-state index contributed by atoms with van der Waals surface area (Å²) in [5, 5.41) is 14.5. The van der Waals surface area contributed by atoms with E-state index in [1.807, 2.05) is 13.8 Å². The number of carbonyl (C=O) groups excluding carboxylic acids is 5. The molecule has 4 heterocycles. The molecular weight excluding hydrogens is 821 g/mol. The van der Waals surface area contributed by atoms with Gasteiger partial charge >= 0.3 is 6.09 Å². The first kappa shape index (κ1) is 45.5. The van der Waals surface area contributed by atoms with Crippen molar-refractivity contribution in [3.63, 3.8) is 0 Å². The van der Waals surface area contributed by atoms with Gasteiger partial charge < -0.3 is 44.9 Å². The highest BCUT2D eigenvalue weighted by Crippen LogP contribution is 2.41. The van der Waals surface area contributed by atoms with Gasteiger partial charge in [-0.15, -0.1) is 0 Å². The molecule has 0 aliphatic carbocycles. The number of nitrogens with zero attached hydrogens (tertiary/aromatic N) is 4. The third kappa shape index (κ3) is 9.53. The summed E-state index contributed by atoms with van der Waals surface area (Å²) < 4.78 is 23.6. The summed E-state index contributed by atoms with van der Waals surface area (Å²) in [6, 6.07) is 11.2. The van der Waals surface area contributed by atoms with Gasteiger partial charge in [-0.1, -0.05) is 62.4 Å². The number of aliphatic hydroxyl groups excluding tert-OH is 1. The van der Waals surface area contributed by atoms with Gasteiger partial charge in [-0.25, -0.2) is 9.69 Å². The van der Waals surface area contributed by atoms with Crippen molar-refractivity contribution in [1.82, 2.24) is 15.1 Å². The summed E-state index contributed by atoms with van der Waals surface area (Å²) in [5.74, 6) is 0.0676. The number of aliphatic imine (C=N–C) groups is 1. The zero-order chi connectivity index (χ0) is 46.0. The third-order valence-electron chi connectivity index (χ3n) is 12.0. The molecule has 0 spiro atoms. The summed E-state index contributed by atoms with van der Waals surface area (Å²) in [7, 11) is 1.51. The van der Waals surface area contributed by atoms with Crippen molar-refractivity contribution in [2.24, 2.45) is 16.6 Å². The smallest absolute Gasteiger partial charge is 0.416 e. The van der Waals surface area contributed by atoms with Crippen LogP contribution in [0.2, 0.25) is 0 Å². The summed E-state index contributed by atoms with van der Waals surface area (Å²) in [5.41, 5.74) is 10.9. The summed E-state index contributed by atoms with van der Waals surface area (Å²) >= 11 is 0. The molecule has 0 bridgehead atoms. The van der Waals surface area contributed by atoms with Crippen LogP contribution in [0.1, 0.15) is 77.4 Å². The minimum Gasteiger partial charge on any atom is -0.493 e. The SMILES string of the molecule is C=C1C[C@H]2C=Nc3cc(OCCCOc4cc5c(cc4C)C(=O)N4CC(=C)C[C@H]4[C@H](O)N5C(=O)OCc4ccc(CC(=O)[C@H](C)NC(=O)C(N)C(C)C)cc4)c(OC)cc3C(=O)N2C1. The molecule has 3 aromatic carbocycles. The van der Waals surface area contributed by atoms with E-state index in [4.69, 9.17) is 24.7 Å². The van der Waals surface area contributed by atoms with Crippen LogP contribution in [-0.4, -0.2) is 115 Å². The Morgan fingerprint density at radius 1 is 0.891 bits per heavy atom. The lowest BCUT2D eigenvalue weighted by atomic mass is 10.0. The van der Waals surface area contributed by atoms with Gasteiger partial charge in [-0.2, -0.15) is 0 Å². The maximum Gasteiger partial charge on any atom is 0.416 e. The number of rotatable bonds is 15. The summed E-state index contributed by atoms with van der Waals surface area (Å²) in [6.45, 7) is 16.1. The first-order valence-corrected chi connectivity index (χ1v) is 21.5. The predicted molar refractivity (Wildman–Crippen MR) is 239 cm³/mol. The molecular formula is C48H56N6O10. The van der Waals surface area contributed by atoms with Crippen molar-refractivity contribution in [2.45, 2.75) is 90.4 Å². The molecule has 2 saturated heterocycles. The standard InChI is InChI=1S/C48H56N6O10/c1-26(2)43(49)44(56)51-30(6)39(55)18-31-9-11-32(12-10-31)25-64-48(60)54-37-21-40(29(5)17-35(37)46(58)53-24-28(4)16-38(53)47(54)59)62-13-8-14-63-42-20-36-34(19-41(42)61-7)45(57)52-23-27(3)15-33(52)22-50-36/h9-12,17,19-22,26,30,33,38,43,47,59H,3-4,8,13-16,18,23-25,49H2,1-2,5-7H3,(H,51,56)/t30-,33-,38-,43?,47-/m0/s1. The second-order valence-corrected chi connectivity index (χ2v) is 17.2. The van der Waals surface area contributed by atoms with E-state index < -0.39 is 30.4 Å². The fraction of sp³-hybridized carbons (Fsp3) is 0.417. The number of aliphatic hydroxyl groups is 1. The van der Waals surface area contributed by atoms with Crippen LogP contribution >= 0.6 is 0 Å². The van der Waals surface area contributed by atoms with Crippen molar-refractivity contribution in [2.75, 3.05) is 38.3 Å². The van der Waals surface area contributed by atoms with Crippen LogP contribution in [0.15, 0.2) is 77.8 Å². The van der Waals surface area contributed by atoms with Crippen molar-refractivity contribution in [3.8, 4) is 17.2 Å². The highest BCUT2D eigenvalue weighted by molar-refractivity contribution is 6.06. The number of ether oxygens (including phenoxy) is 4. The molecule has 16 heteroatoms. The Hall–Kier alpha value is -6.52. The van der Waals surface area contributed by atoms with E-state index in [2.05, 4.69) is 23.5 Å². The van der Waals surface area contributed by atoms with Gasteiger partial charge in [-0.3, -0.25) is 24.2 Å². The molecule has 64 heavy (non-hydrogen) atoms. The summed E-state index contributed by atoms with van der Waals surface area (Å²) in [6.07, 6.45) is 0.904. The van der Waals surface area contributed by atoms with Crippen molar-refractivity contribution >= 4 is 47.2 Å². The lowest BCUT2D eigenvalue weighted by molar-refractivity contribution is -0.128. The van der Waals surface area contributed by atoms with Crippen LogP contribution in [0, 0.1) is 12.8 Å². The molecule has 0 saturated carbocycles. The predicted octanol–water partition coefficient (Wildman–Crippen LogP) is 5.18. The molecule has 2 fully saturated rings. The van der Waals surface area contributed by atoms with Crippen LogP contribution in [-0.2, 0) is 27.4 Å². The van der Waals surface area contributed by atoms with Crippen molar-refractivity contribution < 1.29 is 48.0 Å². The molecule has 338 valence electrons. The Kier molecular flexibility index (Phi) is 13.6. The first-order chi connectivity index (χ1) is 30.5. The maximum atomic E-state index is 14.0. The molecule has 1 unspecified atom stereocenters. The van der Waals surface area contributed by atoms with E-state index in [9.17, 15) is 29.1 Å². The number of methoxy groups -OCH3 is 1. The highest BCUT2D eigenvalue weighted by Gasteiger charge is 2.46. The molecule has 7 rings (SSSR count). The van der Waals surface area contributed by atoms with E-state index in [1.54, 1.807) is 73.5 Å². The van der Waals surface area contributed by atoms with E-state index in [0.29, 0.717) is 71.0 Å². The van der Waals surface area contributed by atoms with E-state index in [0.717, 1.165) is 16.0 Å². The number of hydrogen-bond donors (Lipinski definition) is 3. The largest absolute Gasteiger partial charge is 0.493 e. The number of nitrogens with one attached hydrogen (secondary N) is 1. The van der Waals surface area contributed by atoms with Crippen LogP contribution in [0.5, 0.6) is 17.2 Å². The molecule has 0 radical (unpaired) electrons. The topological polar surface area (TPSA) is 203 Å². The fourth-order valence-electron chi connectivity index (χ4n) is 8.24. The number of fused-ring (bicyclic) bond motifs is 4. The van der Waals surface area contributed by atoms with E-state index >= 15 is 0 Å². The number of nitrogens with two attached hydrogens (primary N) is 1. The normalized spacial score (nSPS) is 19.9. The summed E-state index contributed by atoms with van der Waals surface area (Å²) in [4.78, 5) is 75.6. The van der Waals surface area contributed by atoms with Gasteiger partial charge in [0.2, 0.25) is 5.91 Å². The maximum absolute atomic E-state index is 14.0. The van der Waals surface area contributed by atoms with Gasteiger partial charge in [0, 0.05) is 44.3 Å². The molecule has 4 amide bonds. The Morgan fingerprint density at radius 2 is 1.55 bits per heavy atom. The van der Waals surface area contributed by atoms with E-state index in [-0.39, 0.29) is 79.5 Å². The number of benzene rings is 3. The Labute approximate surface area is 372 Å². The lowest BCUT2D eigenvalue weighted by Gasteiger charge is -2.31. The van der Waals surface area contributed by atoms with Crippen LogP contribution < -0.4 is 30.2 Å². The highest BCUT2D eigenvalue weighted by atomic mass is 16.6. The first-order valence-electron chi connectivity index (χ1n) is 21.5. The second-order valence-electron chi connectivity index (χ2n) is 17.2. The zero-order valence-electron chi connectivity index (χ0n) is 36.9. The van der Waals surface area contributed by atoms with Gasteiger partial charge in [-0.05, 0) is 61.4 Å². The molecule has 3 aromatic rings. The average Bonchev–Trinajstić information content (AvgIpc) is 3.81. The molecule has 5 atom stereocenters. The Morgan fingerprint density at radius 3 is 2.25 bits per heavy atom. The fourth-order valence-corrected chi connectivity index (χ4v) is 8.24. The zero-order valence-corrected chi connectivity index (χ0v) is 36.9. The van der Waals surface area contributed by atoms with Crippen LogP contribution in [0.4, 0.5) is 16.2 Å². The number of Topliss-reactive ketones (excluding diaryl/α,β-unsaturated/α-hetero) is 1. The number of carbonyl (C=O) groups is 5. The minimum atomic E-state index is -1.46. The number of ketones is 1. The molecule has 0 aromatic heterocycles. The quantitative estimate of drug-likeness (QED) is 0.134. The Bertz CT molecular complexity index is 2400. The van der Waals surface area contributed by atoms with Crippen LogP contribution in [0.3, 0.4) is 0 Å². The van der Waals surface area contributed by atoms with Gasteiger partial charge in [0.1, 0.15) is 12.4 Å².